The number of pyridine rings is 1. The topological polar surface area (TPSA) is 76.9 Å². The van der Waals surface area contributed by atoms with Gasteiger partial charge in [-0.3, -0.25) is 0 Å². The summed E-state index contributed by atoms with van der Waals surface area (Å²) in [6, 6.07) is 5.90. The summed E-state index contributed by atoms with van der Waals surface area (Å²) in [6.07, 6.45) is -3.30. The maximum atomic E-state index is 13.1. The van der Waals surface area contributed by atoms with Crippen LogP contribution < -0.4 is 4.72 Å². The van der Waals surface area contributed by atoms with Crippen LogP contribution in [0.5, 0.6) is 0 Å². The number of imidazole rings is 1. The molecule has 0 atom stereocenters. The average molecular weight is 376 g/mol. The zero-order chi connectivity index (χ0) is 17.4. The summed E-state index contributed by atoms with van der Waals surface area (Å²) in [7, 11) is -3.74. The highest BCUT2D eigenvalue weighted by Crippen LogP contribution is 2.30. The lowest BCUT2D eigenvalue weighted by Gasteiger charge is -2.11. The molecule has 0 fully saturated rings. The molecule has 0 amide bonds. The summed E-state index contributed by atoms with van der Waals surface area (Å²) < 4.78 is 66.6. The molecule has 1 N–H and O–H groups in total. The summed E-state index contributed by atoms with van der Waals surface area (Å²) in [4.78, 5) is 7.45. The number of rotatable bonds is 5. The van der Waals surface area contributed by atoms with E-state index < -0.39 is 22.0 Å². The van der Waals surface area contributed by atoms with E-state index in [4.69, 9.17) is 0 Å². The van der Waals surface area contributed by atoms with Gasteiger partial charge in [0.1, 0.15) is 9.73 Å². The highest BCUT2D eigenvalue weighted by atomic mass is 32.2. The zero-order valence-electron chi connectivity index (χ0n) is 12.0. The number of nitrogens with one attached hydrogen (secondary N) is 1. The van der Waals surface area contributed by atoms with E-state index in [0.717, 1.165) is 15.9 Å². The maximum Gasteiger partial charge on any atom is 0.449 e. The SMILES string of the molecule is O=S(=O)(NCCn1c(C(F)(F)F)nc2cccnc21)c1cccs1. The molecule has 24 heavy (non-hydrogen) atoms. The van der Waals surface area contributed by atoms with Gasteiger partial charge in [-0.15, -0.1) is 11.3 Å². The molecule has 3 aromatic heterocycles. The Morgan fingerprint density at radius 2 is 2.04 bits per heavy atom. The third-order valence-corrected chi connectivity index (χ3v) is 6.00. The minimum absolute atomic E-state index is 0.0557. The summed E-state index contributed by atoms with van der Waals surface area (Å²) in [6.45, 7) is -0.460. The van der Waals surface area contributed by atoms with E-state index in [0.29, 0.717) is 0 Å². The van der Waals surface area contributed by atoms with Crippen LogP contribution in [0.25, 0.3) is 11.2 Å². The van der Waals surface area contributed by atoms with E-state index in [1.165, 1.54) is 24.4 Å². The van der Waals surface area contributed by atoms with E-state index in [1.54, 1.807) is 11.4 Å². The molecule has 0 saturated carbocycles. The van der Waals surface area contributed by atoms with Crippen LogP contribution in [-0.2, 0) is 22.7 Å². The molecule has 0 spiro atoms. The molecular weight excluding hydrogens is 365 g/mol. The van der Waals surface area contributed by atoms with Crippen LogP contribution in [0, 0.1) is 0 Å². The molecule has 0 aromatic carbocycles. The van der Waals surface area contributed by atoms with Crippen LogP contribution in [-0.4, -0.2) is 29.5 Å². The Balaban J connectivity index is 1.85. The van der Waals surface area contributed by atoms with Gasteiger partial charge >= 0.3 is 6.18 Å². The Morgan fingerprint density at radius 3 is 2.71 bits per heavy atom. The quantitative estimate of drug-likeness (QED) is 0.742. The second-order valence-corrected chi connectivity index (χ2v) is 7.70. The maximum absolute atomic E-state index is 13.1. The predicted molar refractivity (Wildman–Crippen MR) is 82.0 cm³/mol. The molecular formula is C13H11F3N4O2S2. The molecule has 6 nitrogen and oxygen atoms in total. The molecule has 0 radical (unpaired) electrons. The van der Waals surface area contributed by atoms with Gasteiger partial charge in [-0.1, -0.05) is 6.07 Å². The van der Waals surface area contributed by atoms with Crippen LogP contribution in [0.4, 0.5) is 13.2 Å². The van der Waals surface area contributed by atoms with E-state index in [9.17, 15) is 21.6 Å². The molecule has 0 unspecified atom stereocenters. The standard InChI is InChI=1S/C13H11F3N4O2S2/c14-13(15,16)12-19-9-3-1-5-17-11(9)20(12)7-6-18-24(21,22)10-4-2-8-23-10/h1-5,8,18H,6-7H2. The van der Waals surface area contributed by atoms with E-state index in [-0.39, 0.29) is 28.5 Å². The summed E-state index contributed by atoms with van der Waals surface area (Å²) in [5.74, 6) is -1.11. The summed E-state index contributed by atoms with van der Waals surface area (Å²) >= 11 is 1.03. The molecule has 0 aliphatic carbocycles. The predicted octanol–water partition coefficient (Wildman–Crippen LogP) is 2.49. The first-order valence-corrected chi connectivity index (χ1v) is 9.07. The molecule has 128 valence electrons. The van der Waals surface area contributed by atoms with E-state index in [2.05, 4.69) is 14.7 Å². The van der Waals surface area contributed by atoms with Crippen molar-refractivity contribution in [2.75, 3.05) is 6.54 Å². The first-order chi connectivity index (χ1) is 11.3. The number of fused-ring (bicyclic) bond motifs is 1. The van der Waals surface area contributed by atoms with Crippen molar-refractivity contribution in [2.24, 2.45) is 0 Å². The Morgan fingerprint density at radius 1 is 1.25 bits per heavy atom. The van der Waals surface area contributed by atoms with Crippen molar-refractivity contribution in [3.8, 4) is 0 Å². The van der Waals surface area contributed by atoms with Crippen molar-refractivity contribution in [2.45, 2.75) is 16.9 Å². The number of sulfonamides is 1. The molecule has 0 saturated heterocycles. The largest absolute Gasteiger partial charge is 0.449 e. The molecule has 3 aromatic rings. The normalized spacial score (nSPS) is 12.8. The van der Waals surface area contributed by atoms with Crippen molar-refractivity contribution < 1.29 is 21.6 Å². The van der Waals surface area contributed by atoms with E-state index >= 15 is 0 Å². The number of thiophene rings is 1. The second-order valence-electron chi connectivity index (χ2n) is 4.76. The van der Waals surface area contributed by atoms with Gasteiger partial charge in [0, 0.05) is 19.3 Å². The van der Waals surface area contributed by atoms with Gasteiger partial charge in [0.2, 0.25) is 15.8 Å². The number of alkyl halides is 3. The Hall–Kier alpha value is -1.98. The monoisotopic (exact) mass is 376 g/mol. The summed E-state index contributed by atoms with van der Waals surface area (Å²) in [5, 5.41) is 1.60. The van der Waals surface area contributed by atoms with Gasteiger partial charge in [0.15, 0.2) is 5.65 Å². The lowest BCUT2D eigenvalue weighted by atomic mass is 10.4. The molecule has 3 heterocycles. The Kier molecular flexibility index (Phi) is 4.32. The smallest absolute Gasteiger partial charge is 0.304 e. The van der Waals surface area contributed by atoms with Crippen LogP contribution >= 0.6 is 11.3 Å². The van der Waals surface area contributed by atoms with Crippen molar-refractivity contribution in [3.63, 3.8) is 0 Å². The van der Waals surface area contributed by atoms with Gasteiger partial charge < -0.3 is 4.57 Å². The molecule has 0 aliphatic rings. The van der Waals surface area contributed by atoms with Crippen LogP contribution in [0.2, 0.25) is 0 Å². The first kappa shape index (κ1) is 16.9. The Bertz CT molecular complexity index is 949. The fourth-order valence-electron chi connectivity index (χ4n) is 2.17. The first-order valence-electron chi connectivity index (χ1n) is 6.71. The highest BCUT2D eigenvalue weighted by Gasteiger charge is 2.37. The van der Waals surface area contributed by atoms with Crippen molar-refractivity contribution >= 4 is 32.5 Å². The second kappa shape index (κ2) is 6.15. The minimum Gasteiger partial charge on any atom is -0.304 e. The highest BCUT2D eigenvalue weighted by molar-refractivity contribution is 7.91. The molecule has 0 bridgehead atoms. The molecule has 3 rings (SSSR count). The third-order valence-electron chi connectivity index (χ3n) is 3.14. The zero-order valence-corrected chi connectivity index (χ0v) is 13.6. The molecule has 11 heteroatoms. The van der Waals surface area contributed by atoms with Crippen LogP contribution in [0.1, 0.15) is 5.82 Å². The van der Waals surface area contributed by atoms with Crippen molar-refractivity contribution in [3.05, 3.63) is 41.7 Å². The number of hydrogen-bond acceptors (Lipinski definition) is 5. The van der Waals surface area contributed by atoms with Gasteiger partial charge in [0.25, 0.3) is 0 Å². The van der Waals surface area contributed by atoms with Gasteiger partial charge in [-0.2, -0.15) is 13.2 Å². The van der Waals surface area contributed by atoms with Crippen molar-refractivity contribution in [1.29, 1.82) is 0 Å². The number of halogens is 3. The van der Waals surface area contributed by atoms with Crippen LogP contribution in [0.15, 0.2) is 40.1 Å². The number of aromatic nitrogens is 3. The van der Waals surface area contributed by atoms with E-state index in [1.807, 2.05) is 0 Å². The fourth-order valence-corrected chi connectivity index (χ4v) is 4.22. The van der Waals surface area contributed by atoms with Crippen LogP contribution in [0.3, 0.4) is 0 Å². The van der Waals surface area contributed by atoms with Gasteiger partial charge in [-0.25, -0.2) is 23.1 Å². The minimum atomic E-state index is -4.66. The lowest BCUT2D eigenvalue weighted by molar-refractivity contribution is -0.146. The lowest BCUT2D eigenvalue weighted by Crippen LogP contribution is -2.28. The third kappa shape index (κ3) is 3.28. The average Bonchev–Trinajstić information content (AvgIpc) is 3.14. The molecule has 0 aliphatic heterocycles. The number of hydrogen-bond donors (Lipinski definition) is 1. The fraction of sp³-hybridized carbons (Fsp3) is 0.231. The Labute approximate surface area is 139 Å². The van der Waals surface area contributed by atoms with Crippen molar-refractivity contribution in [1.82, 2.24) is 19.3 Å². The van der Waals surface area contributed by atoms with Gasteiger partial charge in [-0.05, 0) is 23.6 Å². The summed E-state index contributed by atoms with van der Waals surface area (Å²) in [5.41, 5.74) is 0.158. The van der Waals surface area contributed by atoms with Gasteiger partial charge in [0.05, 0.1) is 0 Å². The number of nitrogens with zero attached hydrogens (tertiary/aromatic N) is 3.